The molecule has 158 valence electrons. The van der Waals surface area contributed by atoms with Crippen LogP contribution in [0.2, 0.25) is 0 Å². The van der Waals surface area contributed by atoms with Gasteiger partial charge in [0.2, 0.25) is 5.91 Å². The van der Waals surface area contributed by atoms with Gasteiger partial charge in [0.05, 0.1) is 5.25 Å². The Morgan fingerprint density at radius 1 is 1.20 bits per heavy atom. The van der Waals surface area contributed by atoms with Gasteiger partial charge in [0, 0.05) is 54.9 Å². The molecule has 5 rings (SSSR count). The summed E-state index contributed by atoms with van der Waals surface area (Å²) < 4.78 is 2.25. The van der Waals surface area contributed by atoms with Gasteiger partial charge >= 0.3 is 0 Å². The van der Waals surface area contributed by atoms with Gasteiger partial charge in [0.25, 0.3) is 0 Å². The molecule has 30 heavy (non-hydrogen) atoms. The zero-order valence-electron chi connectivity index (χ0n) is 17.5. The second-order valence-corrected chi connectivity index (χ2v) is 9.48. The summed E-state index contributed by atoms with van der Waals surface area (Å²) >= 11 is 1.54. The van der Waals surface area contributed by atoms with Crippen molar-refractivity contribution >= 4 is 28.6 Å². The topological polar surface area (TPSA) is 70.1 Å². The first-order valence-corrected chi connectivity index (χ1v) is 11.7. The molecule has 0 unspecified atom stereocenters. The summed E-state index contributed by atoms with van der Waals surface area (Å²) in [5.41, 5.74) is 2.17. The third kappa shape index (κ3) is 3.63. The number of amides is 1. The molecule has 2 aromatic heterocycles. The van der Waals surface area contributed by atoms with E-state index in [1.165, 1.54) is 0 Å². The van der Waals surface area contributed by atoms with Gasteiger partial charge in [-0.2, -0.15) is 0 Å². The molecule has 1 N–H and O–H groups in total. The normalized spacial score (nSPS) is 18.8. The van der Waals surface area contributed by atoms with Crippen LogP contribution in [-0.2, 0) is 4.79 Å². The van der Waals surface area contributed by atoms with Crippen molar-refractivity contribution in [3.63, 3.8) is 0 Å². The number of benzene rings is 1. The minimum atomic E-state index is -0.171. The van der Waals surface area contributed by atoms with E-state index >= 15 is 0 Å². The molecule has 3 heterocycles. The van der Waals surface area contributed by atoms with Crippen LogP contribution in [0.1, 0.15) is 32.7 Å². The molecular formula is C22H28N6OS. The SMILES string of the molecule is CCN1CCN(C(=O)[C@@H](C)Sc2nnc(-c3c[nH]c4ccccc34)n2C2CC2)CC1. The Morgan fingerprint density at radius 2 is 1.97 bits per heavy atom. The summed E-state index contributed by atoms with van der Waals surface area (Å²) in [6.45, 7) is 8.77. The number of fused-ring (bicyclic) bond motifs is 1. The van der Waals surface area contributed by atoms with E-state index in [4.69, 9.17) is 0 Å². The number of likely N-dealkylation sites (N-methyl/N-ethyl adjacent to an activating group) is 1. The fourth-order valence-corrected chi connectivity index (χ4v) is 5.21. The van der Waals surface area contributed by atoms with Gasteiger partial charge in [-0.15, -0.1) is 10.2 Å². The zero-order chi connectivity index (χ0) is 20.7. The van der Waals surface area contributed by atoms with Crippen molar-refractivity contribution < 1.29 is 4.79 Å². The molecule has 2 fully saturated rings. The van der Waals surface area contributed by atoms with Gasteiger partial charge in [-0.25, -0.2) is 0 Å². The van der Waals surface area contributed by atoms with Crippen LogP contribution in [0, 0.1) is 0 Å². The molecule has 1 aliphatic carbocycles. The number of carbonyl (C=O) groups is 1. The van der Waals surface area contributed by atoms with E-state index in [1.54, 1.807) is 11.8 Å². The summed E-state index contributed by atoms with van der Waals surface area (Å²) in [5.74, 6) is 1.10. The Labute approximate surface area is 180 Å². The highest BCUT2D eigenvalue weighted by atomic mass is 32.2. The molecule has 0 spiro atoms. The monoisotopic (exact) mass is 424 g/mol. The summed E-state index contributed by atoms with van der Waals surface area (Å²) in [6, 6.07) is 8.70. The largest absolute Gasteiger partial charge is 0.360 e. The molecule has 1 amide bonds. The van der Waals surface area contributed by atoms with Gasteiger partial charge < -0.3 is 14.8 Å². The quantitative estimate of drug-likeness (QED) is 0.614. The Balaban J connectivity index is 1.37. The maximum absolute atomic E-state index is 13.0. The van der Waals surface area contributed by atoms with Gasteiger partial charge in [-0.1, -0.05) is 36.9 Å². The van der Waals surface area contributed by atoms with Crippen molar-refractivity contribution in [1.82, 2.24) is 29.5 Å². The second-order valence-electron chi connectivity index (χ2n) is 8.17. The predicted octanol–water partition coefficient (Wildman–Crippen LogP) is 3.41. The van der Waals surface area contributed by atoms with Gasteiger partial charge in [-0.05, 0) is 32.4 Å². The van der Waals surface area contributed by atoms with Crippen molar-refractivity contribution in [1.29, 1.82) is 0 Å². The van der Waals surface area contributed by atoms with Crippen LogP contribution >= 0.6 is 11.8 Å². The van der Waals surface area contributed by atoms with Crippen molar-refractivity contribution in [2.75, 3.05) is 32.7 Å². The first-order chi connectivity index (χ1) is 14.7. The highest BCUT2D eigenvalue weighted by molar-refractivity contribution is 8.00. The summed E-state index contributed by atoms with van der Waals surface area (Å²) in [6.07, 6.45) is 4.30. The fourth-order valence-electron chi connectivity index (χ4n) is 4.21. The number of H-pyrrole nitrogens is 1. The van der Waals surface area contributed by atoms with E-state index in [-0.39, 0.29) is 11.2 Å². The Morgan fingerprint density at radius 3 is 2.70 bits per heavy atom. The van der Waals surface area contributed by atoms with Crippen LogP contribution in [0.25, 0.3) is 22.3 Å². The molecule has 0 bridgehead atoms. The lowest BCUT2D eigenvalue weighted by atomic mass is 10.1. The zero-order valence-corrected chi connectivity index (χ0v) is 18.4. The summed E-state index contributed by atoms with van der Waals surface area (Å²) in [4.78, 5) is 20.8. The number of nitrogens with one attached hydrogen (secondary N) is 1. The first-order valence-electron chi connectivity index (χ1n) is 10.8. The molecule has 1 saturated heterocycles. The van der Waals surface area contributed by atoms with Crippen LogP contribution in [0.3, 0.4) is 0 Å². The van der Waals surface area contributed by atoms with Gasteiger partial charge in [0.1, 0.15) is 0 Å². The molecule has 1 aromatic carbocycles. The van der Waals surface area contributed by atoms with Crippen LogP contribution in [0.4, 0.5) is 0 Å². The third-order valence-electron chi connectivity index (χ3n) is 6.17. The average molecular weight is 425 g/mol. The number of piperazine rings is 1. The highest BCUT2D eigenvalue weighted by Crippen LogP contribution is 2.42. The van der Waals surface area contributed by atoms with Crippen LogP contribution in [-0.4, -0.2) is 73.4 Å². The molecule has 7 nitrogen and oxygen atoms in total. The maximum Gasteiger partial charge on any atom is 0.235 e. The van der Waals surface area contributed by atoms with Crippen molar-refractivity contribution in [3.05, 3.63) is 30.5 Å². The molecule has 1 atom stereocenters. The lowest BCUT2D eigenvalue weighted by Gasteiger charge is -2.35. The lowest BCUT2D eigenvalue weighted by molar-refractivity contribution is -0.132. The average Bonchev–Trinajstić information content (AvgIpc) is 3.40. The Kier molecular flexibility index (Phi) is 5.28. The van der Waals surface area contributed by atoms with E-state index < -0.39 is 0 Å². The second kappa shape index (κ2) is 8.07. The number of thioether (sulfide) groups is 1. The van der Waals surface area contributed by atoms with Crippen LogP contribution in [0.15, 0.2) is 35.6 Å². The van der Waals surface area contributed by atoms with E-state index in [9.17, 15) is 4.79 Å². The molecule has 8 heteroatoms. The van der Waals surface area contributed by atoms with Crippen LogP contribution in [0.5, 0.6) is 0 Å². The van der Waals surface area contributed by atoms with Crippen LogP contribution < -0.4 is 0 Å². The number of rotatable bonds is 6. The number of nitrogens with zero attached hydrogens (tertiary/aromatic N) is 5. The van der Waals surface area contributed by atoms with Gasteiger partial charge in [0.15, 0.2) is 11.0 Å². The molecular weight excluding hydrogens is 396 g/mol. The predicted molar refractivity (Wildman–Crippen MR) is 120 cm³/mol. The summed E-state index contributed by atoms with van der Waals surface area (Å²) in [7, 11) is 0. The fraction of sp³-hybridized carbons (Fsp3) is 0.500. The molecule has 1 aliphatic heterocycles. The van der Waals surface area contributed by atoms with E-state index in [1.807, 2.05) is 30.2 Å². The number of hydrogen-bond donors (Lipinski definition) is 1. The smallest absolute Gasteiger partial charge is 0.235 e. The molecule has 0 radical (unpaired) electrons. The molecule has 2 aliphatic rings. The maximum atomic E-state index is 13.0. The van der Waals surface area contributed by atoms with Gasteiger partial charge in [-0.3, -0.25) is 9.36 Å². The lowest BCUT2D eigenvalue weighted by Crippen LogP contribution is -2.50. The van der Waals surface area contributed by atoms with Crippen molar-refractivity contribution in [2.24, 2.45) is 0 Å². The third-order valence-corrected chi connectivity index (χ3v) is 7.21. The van der Waals surface area contributed by atoms with Crippen molar-refractivity contribution in [3.8, 4) is 11.4 Å². The van der Waals surface area contributed by atoms with E-state index in [0.29, 0.717) is 6.04 Å². The summed E-state index contributed by atoms with van der Waals surface area (Å²) in [5, 5.41) is 10.9. The van der Waals surface area contributed by atoms with E-state index in [0.717, 1.165) is 73.0 Å². The minimum Gasteiger partial charge on any atom is -0.360 e. The van der Waals surface area contributed by atoms with Crippen molar-refractivity contribution in [2.45, 2.75) is 43.1 Å². The van der Waals surface area contributed by atoms with E-state index in [2.05, 4.69) is 43.7 Å². The number of hydrogen-bond acceptors (Lipinski definition) is 5. The number of para-hydroxylation sites is 1. The highest BCUT2D eigenvalue weighted by Gasteiger charge is 2.33. The Hall–Kier alpha value is -2.32. The number of carbonyl (C=O) groups excluding carboxylic acids is 1. The number of aromatic nitrogens is 4. The number of aromatic amines is 1. The standard InChI is InChI=1S/C22H28N6OS/c1-3-26-10-12-27(13-11-26)21(29)15(2)30-22-25-24-20(28(22)16-8-9-16)18-14-23-19-7-5-4-6-17(18)19/h4-7,14-16,23H,3,8-13H2,1-2H3/t15-/m1/s1. The molecule has 3 aromatic rings. The molecule has 1 saturated carbocycles. The first kappa shape index (κ1) is 19.6. The Bertz CT molecular complexity index is 1050. The minimum absolute atomic E-state index is 0.171.